The SMILES string of the molecule is C=C(C)C(=O)NCCCNC(=O)C(CS(=O)(=O)OC)NC(=O)COCC(=O)N1CCN(S(=O)(=O)c2cc(O)c3ccc4c(S(=O)(=O)CO)cc(S(=O)(=O)OC)c5ccc2c3c45)CC1. The van der Waals surface area contributed by atoms with Gasteiger partial charge in [-0.2, -0.15) is 21.1 Å². The number of amides is 4. The van der Waals surface area contributed by atoms with Crippen LogP contribution in [-0.2, 0) is 72.4 Å². The Labute approximate surface area is 362 Å². The first-order chi connectivity index (χ1) is 29.5. The van der Waals surface area contributed by atoms with Crippen LogP contribution in [0.1, 0.15) is 13.3 Å². The number of rotatable bonds is 20. The van der Waals surface area contributed by atoms with Crippen LogP contribution in [-0.4, -0.2) is 161 Å². The van der Waals surface area contributed by atoms with Gasteiger partial charge in [-0.05, 0) is 25.5 Å². The van der Waals surface area contributed by atoms with Crippen molar-refractivity contribution >= 4 is 96.0 Å². The van der Waals surface area contributed by atoms with E-state index in [2.05, 4.69) is 30.9 Å². The van der Waals surface area contributed by atoms with Crippen LogP contribution in [0.5, 0.6) is 5.75 Å². The van der Waals surface area contributed by atoms with Crippen molar-refractivity contribution in [1.29, 1.82) is 0 Å². The second-order valence-corrected chi connectivity index (χ2v) is 21.5. The average molecular weight is 960 g/mol. The van der Waals surface area contributed by atoms with Gasteiger partial charge in [-0.15, -0.1) is 0 Å². The van der Waals surface area contributed by atoms with Crippen molar-refractivity contribution in [3.05, 3.63) is 48.6 Å². The number of carbonyl (C=O) groups is 4. The summed E-state index contributed by atoms with van der Waals surface area (Å²) in [7, 11) is -16.0. The molecule has 0 aliphatic carbocycles. The molecule has 0 bridgehead atoms. The number of ether oxygens (including phenoxy) is 1. The number of nitrogens with zero attached hydrogens (tertiary/aromatic N) is 2. The third-order valence-electron chi connectivity index (χ3n) is 10.0. The van der Waals surface area contributed by atoms with E-state index in [0.717, 1.165) is 30.7 Å². The summed E-state index contributed by atoms with van der Waals surface area (Å²) >= 11 is 0. The number of nitrogens with one attached hydrogen (secondary N) is 3. The molecule has 1 aliphatic rings. The number of hydrogen-bond acceptors (Lipinski definition) is 17. The van der Waals surface area contributed by atoms with Crippen molar-refractivity contribution in [3.8, 4) is 5.75 Å². The summed E-state index contributed by atoms with van der Waals surface area (Å²) < 4.78 is 120. The Kier molecular flexibility index (Phi) is 15.0. The van der Waals surface area contributed by atoms with Crippen molar-refractivity contribution in [2.75, 3.05) is 78.4 Å². The molecule has 1 heterocycles. The third kappa shape index (κ3) is 10.7. The smallest absolute Gasteiger partial charge is 0.297 e. The molecule has 5 N–H and O–H groups in total. The highest BCUT2D eigenvalue weighted by Crippen LogP contribution is 2.45. The highest BCUT2D eigenvalue weighted by molar-refractivity contribution is 7.91. The lowest BCUT2D eigenvalue weighted by molar-refractivity contribution is -0.140. The van der Waals surface area contributed by atoms with E-state index < -0.39 is 109 Å². The summed E-state index contributed by atoms with van der Waals surface area (Å²) in [4.78, 5) is 49.8. The average Bonchev–Trinajstić information content (AvgIpc) is 3.24. The minimum atomic E-state index is -4.57. The molecule has 0 aromatic heterocycles. The number of carbonyl (C=O) groups excluding carboxylic acids is 4. The molecule has 4 aromatic carbocycles. The van der Waals surface area contributed by atoms with Crippen LogP contribution in [0.2, 0.25) is 0 Å². The van der Waals surface area contributed by atoms with E-state index in [-0.39, 0.29) is 89.5 Å². The molecule has 4 aromatic rings. The molecule has 1 fully saturated rings. The largest absolute Gasteiger partial charge is 0.507 e. The molecular formula is C37H45N5O17S4. The molecular weight excluding hydrogens is 915 g/mol. The number of aliphatic hydroxyl groups is 1. The maximum Gasteiger partial charge on any atom is 0.297 e. The van der Waals surface area contributed by atoms with Crippen LogP contribution in [0.4, 0.5) is 0 Å². The second kappa shape index (κ2) is 19.4. The molecule has 22 nitrogen and oxygen atoms in total. The van der Waals surface area contributed by atoms with Crippen LogP contribution in [0, 0.1) is 0 Å². The molecule has 1 unspecified atom stereocenters. The van der Waals surface area contributed by atoms with Gasteiger partial charge in [-0.25, -0.2) is 16.8 Å². The summed E-state index contributed by atoms with van der Waals surface area (Å²) in [6.07, 6.45) is 0.271. The molecule has 26 heteroatoms. The molecule has 0 saturated carbocycles. The topological polar surface area (TPSA) is 316 Å². The molecule has 5 rings (SSSR count). The minimum Gasteiger partial charge on any atom is -0.507 e. The maximum atomic E-state index is 14.2. The van der Waals surface area contributed by atoms with Crippen molar-refractivity contribution in [2.24, 2.45) is 0 Å². The Morgan fingerprint density at radius 3 is 1.94 bits per heavy atom. The number of phenols is 1. The van der Waals surface area contributed by atoms with E-state index in [1.54, 1.807) is 0 Å². The Morgan fingerprint density at radius 2 is 1.35 bits per heavy atom. The molecule has 1 saturated heterocycles. The fourth-order valence-electron chi connectivity index (χ4n) is 6.82. The number of phenolic OH excluding ortho intramolecular Hbond substituents is 1. The summed E-state index contributed by atoms with van der Waals surface area (Å²) in [6, 6.07) is 5.50. The predicted octanol–water partition coefficient (Wildman–Crippen LogP) is -1.14. The monoisotopic (exact) mass is 959 g/mol. The standard InChI is InChI=1S/C37H45N5O17S4/c1-22(2)36(47)38-10-5-11-39-37(48)27(20-61(51,52)57-3)40-32(45)18-59-19-33(46)41-12-14-42(15-13-41)62(53,54)30-16-28(44)23-6-7-24-29(60(49,50)21-43)17-31(63(55,56)58-4)26-9-8-25(30)34(23)35(24)26/h6-9,16-17,27,43-44H,1,5,10-15,18-21H2,2-4H3,(H,38,47)(H,39,48)(H,40,45). The Balaban J connectivity index is 1.26. The predicted molar refractivity (Wildman–Crippen MR) is 225 cm³/mol. The van der Waals surface area contributed by atoms with Gasteiger partial charge in [0.2, 0.25) is 43.5 Å². The first kappa shape index (κ1) is 49.0. The Hall–Kier alpha value is -5.06. The van der Waals surface area contributed by atoms with Crippen molar-refractivity contribution in [2.45, 2.75) is 34.1 Å². The van der Waals surface area contributed by atoms with Crippen LogP contribution < -0.4 is 16.0 Å². The minimum absolute atomic E-state index is 0.00856. The first-order valence-electron chi connectivity index (χ1n) is 18.8. The van der Waals surface area contributed by atoms with Crippen molar-refractivity contribution in [1.82, 2.24) is 25.2 Å². The van der Waals surface area contributed by atoms with Gasteiger partial charge in [0.15, 0.2) is 0 Å². The van der Waals surface area contributed by atoms with Crippen LogP contribution in [0.3, 0.4) is 0 Å². The Morgan fingerprint density at radius 1 is 0.778 bits per heavy atom. The van der Waals surface area contributed by atoms with E-state index in [1.807, 2.05) is 0 Å². The van der Waals surface area contributed by atoms with Crippen LogP contribution in [0.15, 0.2) is 63.2 Å². The highest BCUT2D eigenvalue weighted by Gasteiger charge is 2.34. The molecule has 4 amide bonds. The molecule has 0 spiro atoms. The van der Waals surface area contributed by atoms with E-state index in [0.29, 0.717) is 0 Å². The summed E-state index contributed by atoms with van der Waals surface area (Å²) in [5, 5.41) is 28.1. The molecule has 0 radical (unpaired) electrons. The lowest BCUT2D eigenvalue weighted by Gasteiger charge is -2.34. The van der Waals surface area contributed by atoms with Crippen LogP contribution >= 0.6 is 0 Å². The number of piperazine rings is 1. The van der Waals surface area contributed by atoms with Gasteiger partial charge in [0.25, 0.3) is 20.2 Å². The van der Waals surface area contributed by atoms with Crippen molar-refractivity contribution in [3.63, 3.8) is 0 Å². The highest BCUT2D eigenvalue weighted by atomic mass is 32.2. The van der Waals surface area contributed by atoms with Gasteiger partial charge in [0.05, 0.1) is 24.0 Å². The summed E-state index contributed by atoms with van der Waals surface area (Å²) in [5.74, 6) is -5.66. The molecule has 1 aliphatic heterocycles. The zero-order chi connectivity index (χ0) is 46.7. The Bertz CT molecular complexity index is 2860. The number of sulfonamides is 1. The van der Waals surface area contributed by atoms with Crippen molar-refractivity contribution < 1.29 is 76.2 Å². The van der Waals surface area contributed by atoms with Gasteiger partial charge in [0.1, 0.15) is 41.6 Å². The number of benzene rings is 4. The number of aliphatic hydroxyl groups excluding tert-OH is 1. The first-order valence-corrected chi connectivity index (χ1v) is 24.8. The van der Waals surface area contributed by atoms with E-state index >= 15 is 0 Å². The zero-order valence-corrected chi connectivity index (χ0v) is 37.3. The summed E-state index contributed by atoms with van der Waals surface area (Å²) in [6.45, 7) is 3.04. The van der Waals surface area contributed by atoms with Gasteiger partial charge in [0, 0.05) is 83.2 Å². The van der Waals surface area contributed by atoms with Crippen LogP contribution in [0.25, 0.3) is 32.3 Å². The van der Waals surface area contributed by atoms with E-state index in [4.69, 9.17) is 4.74 Å². The molecule has 63 heavy (non-hydrogen) atoms. The number of sulfone groups is 1. The number of hydrogen-bond donors (Lipinski definition) is 5. The van der Waals surface area contributed by atoms with Gasteiger partial charge < -0.3 is 35.8 Å². The molecule has 344 valence electrons. The normalized spacial score (nSPS) is 14.8. The van der Waals surface area contributed by atoms with E-state index in [1.165, 1.54) is 36.1 Å². The zero-order valence-electron chi connectivity index (χ0n) is 34.1. The van der Waals surface area contributed by atoms with E-state index in [9.17, 15) is 63.1 Å². The molecule has 1 atom stereocenters. The third-order valence-corrected chi connectivity index (χ3v) is 15.9. The number of aromatic hydroxyl groups is 1. The second-order valence-electron chi connectivity index (χ2n) is 14.2. The fourth-order valence-corrected chi connectivity index (χ4v) is 11.1. The van der Waals surface area contributed by atoms with Gasteiger partial charge in [-0.3, -0.25) is 27.5 Å². The van der Waals surface area contributed by atoms with Gasteiger partial charge in [-0.1, -0.05) is 24.8 Å². The quantitative estimate of drug-likeness (QED) is 0.0303. The lowest BCUT2D eigenvalue weighted by atomic mass is 9.94. The maximum absolute atomic E-state index is 14.2. The fraction of sp³-hybridized carbons (Fsp3) is 0.405. The van der Waals surface area contributed by atoms with Gasteiger partial charge >= 0.3 is 0 Å². The lowest BCUT2D eigenvalue weighted by Crippen LogP contribution is -2.52. The summed E-state index contributed by atoms with van der Waals surface area (Å²) in [5.41, 5.74) is 0.286.